The van der Waals surface area contributed by atoms with Crippen LogP contribution in [0.25, 0.3) is 21.5 Å². The van der Waals surface area contributed by atoms with E-state index in [0.29, 0.717) is 65.0 Å². The van der Waals surface area contributed by atoms with Gasteiger partial charge in [-0.2, -0.15) is 46.7 Å². The number of aromatic hydroxyl groups is 2. The number of nitrogens with zero attached hydrogens (tertiary/aromatic N) is 3. The highest BCUT2D eigenvalue weighted by atomic mass is 32.2. The van der Waals surface area contributed by atoms with Crippen LogP contribution in [0.3, 0.4) is 0 Å². The summed E-state index contributed by atoms with van der Waals surface area (Å²) in [6, 6.07) is 11.6. The number of carbonyl (C=O) groups is 1. The zero-order chi connectivity index (χ0) is 71.0. The second-order valence-corrected chi connectivity index (χ2v) is 29.7. The molecule has 0 fully saturated rings. The van der Waals surface area contributed by atoms with Crippen molar-refractivity contribution in [2.24, 2.45) is 0 Å². The molecule has 7 N–H and O–H groups in total. The first kappa shape index (κ1) is 78.0. The second-order valence-electron chi connectivity index (χ2n) is 22.5. The Morgan fingerprint density at radius 3 is 1.51 bits per heavy atom. The van der Waals surface area contributed by atoms with Crippen molar-refractivity contribution in [3.63, 3.8) is 0 Å². The Balaban J connectivity index is 1.20. The van der Waals surface area contributed by atoms with Gasteiger partial charge >= 0.3 is 5.97 Å². The second kappa shape index (κ2) is 34.1. The van der Waals surface area contributed by atoms with Gasteiger partial charge in [-0.1, -0.05) is 24.3 Å². The standard InChI is InChI=1S/C61H79N3O28S5/c1-60(18-8-38-93(68,69)70)53(62(20-24-83-3)49-13-11-45-47(58(49)60)39-43(94(71,72)73)41-51(45)96(77,78)79)9-6-5-7-10-54-61(2,19-23-86-29-32-90-35-34-88-27-26-84-4)59-48-40-44(95(74,75)76)42-52(97(80,81)82)46(48)12-14-50(59)63(54)21-25-87-30-33-91-37-36-89-31-28-85-22-17-57(67)92-64-55(65)15-16-56(64)66/h5-7,9-16,39-42H,8,17-38H2,1-4H3,(H6-,65,66,68,69,70,71,72,73,74,75,76,77,78,79,80,81,82)/p+1. The van der Waals surface area contributed by atoms with E-state index < -0.39 is 104 Å². The third kappa shape index (κ3) is 20.4. The first-order chi connectivity index (χ1) is 45.8. The van der Waals surface area contributed by atoms with Crippen LogP contribution in [0, 0.1) is 0 Å². The van der Waals surface area contributed by atoms with Crippen molar-refractivity contribution in [2.75, 3.05) is 144 Å². The number of allylic oxidation sites excluding steroid dienone is 6. The average Bonchev–Trinajstić information content (AvgIpc) is 1.60. The maximum Gasteiger partial charge on any atom is 0.335 e. The van der Waals surface area contributed by atoms with Crippen molar-refractivity contribution < 1.29 is 132 Å². The minimum Gasteiger partial charge on any atom is -0.492 e. The maximum absolute atomic E-state index is 13.1. The SMILES string of the molecule is COCCOCCOCCOCCC1(C)C(=CC=CC=CC2=[N+](CCOC)c3ccc4c(S(=O)(=O)O)cc(S(=O)(=O)O)cc4c3C2(C)CCCS(=O)(=O)O)N(CCOCCOCCOCCOCCC(=O)On2c(O)ccc2O)c2ccc3c(S(=O)(=O)O)cc(S(=O)(=O)O)cc3c21. The summed E-state index contributed by atoms with van der Waals surface area (Å²) >= 11 is 0. The van der Waals surface area contributed by atoms with Crippen molar-refractivity contribution in [2.45, 2.75) is 69.9 Å². The summed E-state index contributed by atoms with van der Waals surface area (Å²) < 4.78 is 232. The van der Waals surface area contributed by atoms with Crippen molar-refractivity contribution in [1.29, 1.82) is 0 Å². The number of rotatable bonds is 42. The van der Waals surface area contributed by atoms with E-state index in [4.69, 9.17) is 47.5 Å². The van der Waals surface area contributed by atoms with Crippen LogP contribution in [0.5, 0.6) is 11.8 Å². The van der Waals surface area contributed by atoms with Gasteiger partial charge in [-0.3, -0.25) is 22.8 Å². The first-order valence-electron chi connectivity index (χ1n) is 30.1. The number of hydrogen-bond acceptors (Lipinski definition) is 24. The molecule has 0 aliphatic carbocycles. The third-order valence-corrected chi connectivity index (χ3v) is 20.2. The van der Waals surface area contributed by atoms with Gasteiger partial charge in [0.2, 0.25) is 17.4 Å². The van der Waals surface area contributed by atoms with E-state index in [1.165, 1.54) is 19.2 Å². The van der Waals surface area contributed by atoms with Gasteiger partial charge in [0.1, 0.15) is 16.4 Å². The Hall–Kier alpha value is -6.37. The molecular formula is C61H80N3O28S5+. The molecule has 7 rings (SSSR count). The van der Waals surface area contributed by atoms with Crippen LogP contribution in [0.1, 0.15) is 50.7 Å². The third-order valence-electron chi connectivity index (χ3n) is 15.9. The summed E-state index contributed by atoms with van der Waals surface area (Å²) in [7, 11) is -22.1. The lowest BCUT2D eigenvalue weighted by molar-refractivity contribution is -0.441. The summed E-state index contributed by atoms with van der Waals surface area (Å²) in [6.07, 6.45) is 8.07. The Labute approximate surface area is 562 Å². The Morgan fingerprint density at radius 1 is 0.515 bits per heavy atom. The minimum absolute atomic E-state index is 0.0225. The smallest absolute Gasteiger partial charge is 0.335 e. The molecule has 2 atom stereocenters. The molecule has 36 heteroatoms. The fraction of sp³-hybridized carbons (Fsp3) is 0.475. The van der Waals surface area contributed by atoms with Gasteiger partial charge in [0.15, 0.2) is 12.3 Å². The normalized spacial score (nSPS) is 17.5. The molecule has 2 aliphatic rings. The maximum atomic E-state index is 13.1. The highest BCUT2D eigenvalue weighted by Crippen LogP contribution is 2.54. The molecule has 5 aromatic rings. The van der Waals surface area contributed by atoms with Crippen LogP contribution in [-0.2, 0) is 109 Å². The van der Waals surface area contributed by atoms with Gasteiger partial charge in [-0.25, -0.2) is 4.79 Å². The largest absolute Gasteiger partial charge is 0.492 e. The molecule has 0 amide bonds. The van der Waals surface area contributed by atoms with E-state index in [1.807, 2.05) is 11.8 Å². The van der Waals surface area contributed by atoms with Gasteiger partial charge in [0, 0.05) is 84.8 Å². The lowest BCUT2D eigenvalue weighted by Crippen LogP contribution is -2.32. The number of hydrogen-bond donors (Lipinski definition) is 7. The number of fused-ring (bicyclic) bond motifs is 6. The summed E-state index contributed by atoms with van der Waals surface area (Å²) in [5, 5.41) is 19.1. The summed E-state index contributed by atoms with van der Waals surface area (Å²) in [5.74, 6) is -2.39. The molecule has 2 aliphatic heterocycles. The van der Waals surface area contributed by atoms with Gasteiger partial charge in [0.05, 0.1) is 120 Å². The number of methoxy groups -OCH3 is 2. The lowest BCUT2D eigenvalue weighted by atomic mass is 9.74. The molecule has 4 aromatic carbocycles. The van der Waals surface area contributed by atoms with Crippen LogP contribution < -0.4 is 9.74 Å². The van der Waals surface area contributed by atoms with Crippen LogP contribution in [0.4, 0.5) is 11.4 Å². The van der Waals surface area contributed by atoms with Crippen molar-refractivity contribution in [1.82, 2.24) is 4.73 Å². The first-order valence-corrected chi connectivity index (χ1v) is 37.5. The van der Waals surface area contributed by atoms with Crippen LogP contribution in [0.2, 0.25) is 0 Å². The predicted molar refractivity (Wildman–Crippen MR) is 349 cm³/mol. The number of aromatic nitrogens is 1. The van der Waals surface area contributed by atoms with Gasteiger partial charge in [0.25, 0.3) is 50.6 Å². The van der Waals surface area contributed by atoms with Crippen LogP contribution in [0.15, 0.2) is 116 Å². The van der Waals surface area contributed by atoms with E-state index in [2.05, 4.69) is 0 Å². The average molecular weight is 1460 g/mol. The van der Waals surface area contributed by atoms with Crippen molar-refractivity contribution in [3.05, 3.63) is 108 Å². The predicted octanol–water partition coefficient (Wildman–Crippen LogP) is 4.84. The van der Waals surface area contributed by atoms with E-state index in [0.717, 1.165) is 24.3 Å². The summed E-state index contributed by atoms with van der Waals surface area (Å²) in [6.45, 7) is 6.39. The molecule has 97 heavy (non-hydrogen) atoms. The fourth-order valence-corrected chi connectivity index (χ4v) is 14.7. The van der Waals surface area contributed by atoms with Crippen molar-refractivity contribution >= 4 is 95.2 Å². The molecule has 0 spiro atoms. The van der Waals surface area contributed by atoms with E-state index in [-0.39, 0.29) is 152 Å². The minimum atomic E-state index is -5.15. The monoisotopic (exact) mass is 1460 g/mol. The van der Waals surface area contributed by atoms with Crippen molar-refractivity contribution in [3.8, 4) is 11.8 Å². The summed E-state index contributed by atoms with van der Waals surface area (Å²) in [5.41, 5.74) is -0.0876. The molecule has 1 aromatic heterocycles. The molecular weight excluding hydrogens is 1380 g/mol. The van der Waals surface area contributed by atoms with Crippen LogP contribution >= 0.6 is 0 Å². The Morgan fingerprint density at radius 2 is 1.00 bits per heavy atom. The highest BCUT2D eigenvalue weighted by molar-refractivity contribution is 7.87. The summed E-state index contributed by atoms with van der Waals surface area (Å²) in [4.78, 5) is 15.5. The zero-order valence-electron chi connectivity index (χ0n) is 53.5. The fourth-order valence-electron chi connectivity index (χ4n) is 11.5. The Bertz CT molecular complexity index is 4320. The number of benzene rings is 4. The van der Waals surface area contributed by atoms with E-state index in [9.17, 15) is 79.9 Å². The van der Waals surface area contributed by atoms with E-state index in [1.54, 1.807) is 61.1 Å². The number of carbonyl (C=O) groups excluding carboxylic acids is 1. The molecule has 2 unspecified atom stereocenters. The van der Waals surface area contributed by atoms with Gasteiger partial charge in [-0.15, -0.1) is 4.73 Å². The van der Waals surface area contributed by atoms with Crippen LogP contribution in [-0.4, -0.2) is 235 Å². The lowest BCUT2D eigenvalue weighted by Gasteiger charge is -2.31. The number of anilines is 1. The molecule has 0 radical (unpaired) electrons. The van der Waals surface area contributed by atoms with Gasteiger partial charge < -0.3 is 62.6 Å². The Kier molecular flexibility index (Phi) is 27.4. The molecule has 3 heterocycles. The molecule has 536 valence electrons. The molecule has 0 saturated heterocycles. The zero-order valence-corrected chi connectivity index (χ0v) is 57.6. The van der Waals surface area contributed by atoms with Gasteiger partial charge in [-0.05, 0) is 91.9 Å². The highest BCUT2D eigenvalue weighted by Gasteiger charge is 2.50. The quantitative estimate of drug-likeness (QED) is 0.0119. The topological polar surface area (TPSA) is 433 Å². The van der Waals surface area contributed by atoms with E-state index >= 15 is 0 Å². The molecule has 0 bridgehead atoms. The molecule has 31 nitrogen and oxygen atoms in total. The molecule has 0 saturated carbocycles. The number of ether oxygens (including phenoxy) is 9.